The first-order valence-corrected chi connectivity index (χ1v) is 16.2. The lowest BCUT2D eigenvalue weighted by Gasteiger charge is -2.38. The minimum atomic E-state index is -0.344. The average molecular weight is 638 g/mol. The highest BCUT2D eigenvalue weighted by Crippen LogP contribution is 2.34. The third-order valence-electron chi connectivity index (χ3n) is 9.54. The van der Waals surface area contributed by atoms with Crippen LogP contribution in [0.1, 0.15) is 64.4 Å². The fraction of sp³-hybridized carbons (Fsp3) is 0.400. The molecule has 1 saturated heterocycles. The predicted molar refractivity (Wildman–Crippen MR) is 177 cm³/mol. The van der Waals surface area contributed by atoms with Gasteiger partial charge in [0.1, 0.15) is 23.0 Å². The van der Waals surface area contributed by atoms with Crippen LogP contribution in [0.25, 0.3) is 11.1 Å². The van der Waals surface area contributed by atoms with E-state index in [1.54, 1.807) is 48.6 Å². The number of rotatable bonds is 6. The van der Waals surface area contributed by atoms with Crippen molar-refractivity contribution < 1.29 is 19.4 Å². The molecule has 0 spiro atoms. The quantitative estimate of drug-likeness (QED) is 0.327. The zero-order valence-electron chi connectivity index (χ0n) is 26.9. The van der Waals surface area contributed by atoms with Gasteiger partial charge in [-0.2, -0.15) is 0 Å². The van der Waals surface area contributed by atoms with Gasteiger partial charge in [-0.05, 0) is 81.0 Å². The normalized spacial score (nSPS) is 19.4. The number of pyridine rings is 3. The maximum Gasteiger partial charge on any atom is 0.276 e. The van der Waals surface area contributed by atoms with Crippen LogP contribution < -0.4 is 15.8 Å². The van der Waals surface area contributed by atoms with Crippen LogP contribution in [0.3, 0.4) is 0 Å². The summed E-state index contributed by atoms with van der Waals surface area (Å²) in [4.78, 5) is 52.7. The van der Waals surface area contributed by atoms with Crippen molar-refractivity contribution in [1.29, 1.82) is 0 Å². The van der Waals surface area contributed by atoms with Crippen molar-refractivity contribution >= 4 is 29.1 Å². The number of aliphatic hydroxyl groups excluding tert-OH is 1. The Kier molecular flexibility index (Phi) is 8.15. The summed E-state index contributed by atoms with van der Waals surface area (Å²) in [6.45, 7) is 5.67. The molecule has 12 heteroatoms. The number of nitrogens with zero attached hydrogens (tertiary/aromatic N) is 6. The van der Waals surface area contributed by atoms with Crippen LogP contribution in [0.2, 0.25) is 0 Å². The molecule has 2 atom stereocenters. The SMILES string of the molecule is CC1COCC(C)N1C(=O)c1ccc(Nc2cc(-c3ccnc(N4CCn5c(cc6c5CCCC6)C4=O)c3CO)cn(C)c2=O)nc1. The molecule has 2 amide bonds. The second-order valence-electron chi connectivity index (χ2n) is 12.7. The van der Waals surface area contributed by atoms with Gasteiger partial charge in [-0.1, -0.05) is 0 Å². The Hall–Kier alpha value is -4.81. The molecule has 0 saturated carbocycles. The van der Waals surface area contributed by atoms with Gasteiger partial charge >= 0.3 is 0 Å². The minimum absolute atomic E-state index is 0.0443. The Bertz CT molecular complexity index is 1900. The molecule has 1 fully saturated rings. The zero-order chi connectivity index (χ0) is 32.8. The number of hydrogen-bond donors (Lipinski definition) is 2. The molecular formula is C35H39N7O5. The molecule has 2 N–H and O–H groups in total. The van der Waals surface area contributed by atoms with Gasteiger partial charge in [0.05, 0.1) is 37.5 Å². The molecule has 6 heterocycles. The van der Waals surface area contributed by atoms with E-state index in [0.717, 1.165) is 25.7 Å². The average Bonchev–Trinajstić information content (AvgIpc) is 3.46. The van der Waals surface area contributed by atoms with E-state index in [-0.39, 0.29) is 41.8 Å². The fourth-order valence-corrected chi connectivity index (χ4v) is 7.21. The van der Waals surface area contributed by atoms with Crippen molar-refractivity contribution in [2.45, 2.75) is 64.8 Å². The van der Waals surface area contributed by atoms with Gasteiger partial charge in [0, 0.05) is 55.5 Å². The van der Waals surface area contributed by atoms with Gasteiger partial charge in [-0.15, -0.1) is 0 Å². The number of fused-ring (bicyclic) bond motifs is 3. The topological polar surface area (TPSA) is 135 Å². The number of carbonyl (C=O) groups is 2. The molecular weight excluding hydrogens is 598 g/mol. The number of amides is 2. The summed E-state index contributed by atoms with van der Waals surface area (Å²) in [7, 11) is 1.65. The Morgan fingerprint density at radius 1 is 1.04 bits per heavy atom. The van der Waals surface area contributed by atoms with Crippen LogP contribution in [0.15, 0.2) is 53.7 Å². The molecule has 2 unspecified atom stereocenters. The summed E-state index contributed by atoms with van der Waals surface area (Å²) >= 11 is 0. The fourth-order valence-electron chi connectivity index (χ4n) is 7.21. The lowest BCUT2D eigenvalue weighted by molar-refractivity contribution is -0.0249. The number of aliphatic hydroxyl groups is 1. The summed E-state index contributed by atoms with van der Waals surface area (Å²) in [5, 5.41) is 13.7. The van der Waals surface area contributed by atoms with Crippen LogP contribution in [-0.2, 0) is 37.8 Å². The summed E-state index contributed by atoms with van der Waals surface area (Å²) < 4.78 is 9.17. The molecule has 4 aromatic heterocycles. The number of anilines is 3. The van der Waals surface area contributed by atoms with E-state index in [1.165, 1.54) is 22.0 Å². The van der Waals surface area contributed by atoms with Crippen molar-refractivity contribution in [1.82, 2.24) is 24.0 Å². The third kappa shape index (κ3) is 5.51. The van der Waals surface area contributed by atoms with Crippen molar-refractivity contribution in [3.63, 3.8) is 0 Å². The predicted octanol–water partition coefficient (Wildman–Crippen LogP) is 3.67. The molecule has 0 aromatic carbocycles. The van der Waals surface area contributed by atoms with Crippen molar-refractivity contribution in [3.05, 3.63) is 87.4 Å². The van der Waals surface area contributed by atoms with E-state index in [2.05, 4.69) is 19.9 Å². The highest BCUT2D eigenvalue weighted by atomic mass is 16.5. The lowest BCUT2D eigenvalue weighted by atomic mass is 9.98. The van der Waals surface area contributed by atoms with E-state index >= 15 is 0 Å². The summed E-state index contributed by atoms with van der Waals surface area (Å²) in [5.74, 6) is 0.574. The molecule has 244 valence electrons. The van der Waals surface area contributed by atoms with Crippen LogP contribution in [0.4, 0.5) is 17.3 Å². The van der Waals surface area contributed by atoms with Crippen LogP contribution in [0, 0.1) is 0 Å². The van der Waals surface area contributed by atoms with Gasteiger partial charge in [0.15, 0.2) is 0 Å². The molecule has 12 nitrogen and oxygen atoms in total. The largest absolute Gasteiger partial charge is 0.392 e. The standard InChI is InChI=1S/C35H39N7O5/c1-21-19-47-20-22(2)42(21)33(44)24-8-9-31(37-16-24)38-28-14-25(17-39(3)34(28)45)26-10-11-36-32(27(26)18-43)41-13-12-40-29-7-5-4-6-23(29)15-30(40)35(41)46/h8-11,14-17,21-22,43H,4-7,12-13,18-20H2,1-3H3,(H,37,38). The lowest BCUT2D eigenvalue weighted by Crippen LogP contribution is -2.52. The van der Waals surface area contributed by atoms with E-state index < -0.39 is 0 Å². The summed E-state index contributed by atoms with van der Waals surface area (Å²) in [6.07, 6.45) is 9.09. The van der Waals surface area contributed by atoms with Gasteiger partial charge in [0.2, 0.25) is 0 Å². The maximum absolute atomic E-state index is 13.8. The number of hydrogen-bond acceptors (Lipinski definition) is 8. The van der Waals surface area contributed by atoms with E-state index in [9.17, 15) is 19.5 Å². The van der Waals surface area contributed by atoms with Gasteiger partial charge in [0.25, 0.3) is 17.4 Å². The molecule has 3 aliphatic rings. The Morgan fingerprint density at radius 2 is 1.83 bits per heavy atom. The Labute approximate surface area is 272 Å². The molecule has 0 bridgehead atoms. The molecule has 4 aromatic rings. The van der Waals surface area contributed by atoms with Crippen molar-refractivity contribution in [2.75, 3.05) is 30.0 Å². The number of nitrogens with one attached hydrogen (secondary N) is 1. The second-order valence-corrected chi connectivity index (χ2v) is 12.7. The van der Waals surface area contributed by atoms with Gasteiger partial charge in [-0.3, -0.25) is 19.3 Å². The number of carbonyl (C=O) groups excluding carboxylic acids is 2. The summed E-state index contributed by atoms with van der Waals surface area (Å²) in [5.41, 5.74) is 5.46. The first-order valence-electron chi connectivity index (χ1n) is 16.2. The minimum Gasteiger partial charge on any atom is -0.392 e. The van der Waals surface area contributed by atoms with E-state index in [0.29, 0.717) is 65.9 Å². The Morgan fingerprint density at radius 3 is 2.57 bits per heavy atom. The number of ether oxygens (including phenoxy) is 1. The van der Waals surface area contributed by atoms with Crippen molar-refractivity contribution in [2.24, 2.45) is 7.05 Å². The van der Waals surface area contributed by atoms with E-state index in [1.807, 2.05) is 24.8 Å². The van der Waals surface area contributed by atoms with Crippen LogP contribution in [0.5, 0.6) is 0 Å². The highest BCUT2D eigenvalue weighted by molar-refractivity contribution is 6.06. The highest BCUT2D eigenvalue weighted by Gasteiger charge is 2.33. The third-order valence-corrected chi connectivity index (χ3v) is 9.54. The number of morpholine rings is 1. The Balaban J connectivity index is 1.17. The molecule has 7 rings (SSSR count). The van der Waals surface area contributed by atoms with Crippen molar-refractivity contribution in [3.8, 4) is 11.1 Å². The van der Waals surface area contributed by atoms with Crippen LogP contribution >= 0.6 is 0 Å². The monoisotopic (exact) mass is 637 g/mol. The number of aryl methyl sites for hydroxylation is 2. The van der Waals surface area contributed by atoms with Crippen LogP contribution in [-0.4, -0.2) is 72.8 Å². The number of aromatic nitrogens is 4. The van der Waals surface area contributed by atoms with E-state index in [4.69, 9.17) is 4.74 Å². The smallest absolute Gasteiger partial charge is 0.276 e. The molecule has 47 heavy (non-hydrogen) atoms. The second kappa shape index (κ2) is 12.4. The maximum atomic E-state index is 13.8. The molecule has 0 radical (unpaired) electrons. The first kappa shape index (κ1) is 30.8. The summed E-state index contributed by atoms with van der Waals surface area (Å²) in [6, 6.07) is 8.79. The van der Waals surface area contributed by atoms with Gasteiger partial charge in [-0.25, -0.2) is 9.97 Å². The zero-order valence-corrected chi connectivity index (χ0v) is 26.9. The van der Waals surface area contributed by atoms with Gasteiger partial charge < -0.3 is 29.2 Å². The molecule has 1 aliphatic carbocycles. The molecule has 2 aliphatic heterocycles. The first-order chi connectivity index (χ1) is 22.7.